The van der Waals surface area contributed by atoms with Crippen molar-refractivity contribution in [3.8, 4) is 17.2 Å². The first kappa shape index (κ1) is 39.9. The molecule has 0 saturated carbocycles. The Labute approximate surface area is 331 Å². The smallest absolute Gasteiger partial charge is 0.255 e. The van der Waals surface area contributed by atoms with E-state index in [9.17, 15) is 29.4 Å². The molecule has 0 radical (unpaired) electrons. The Hall–Kier alpha value is -5.81. The molecule has 4 aromatic rings. The van der Waals surface area contributed by atoms with Crippen LogP contribution in [0.15, 0.2) is 91.0 Å². The summed E-state index contributed by atoms with van der Waals surface area (Å²) in [6.07, 6.45) is 5.11. The topological polar surface area (TPSA) is 157 Å². The number of carbonyl (C=O) groups excluding carboxylic acids is 4. The molecule has 292 valence electrons. The summed E-state index contributed by atoms with van der Waals surface area (Å²) in [6, 6.07) is 26.7. The number of fused-ring (bicyclic) bond motifs is 1. The summed E-state index contributed by atoms with van der Waals surface area (Å²) < 4.78 is 5.93. The van der Waals surface area contributed by atoms with E-state index in [1.165, 1.54) is 0 Å². The second kappa shape index (κ2) is 19.2. The molecule has 6 rings (SSSR count). The maximum Gasteiger partial charge on any atom is 0.255 e. The zero-order chi connectivity index (χ0) is 39.4. The SMILES string of the molecule is O=C(CCCCCCNc1cccc2c1CN(C1CCC(=O)NC1=O)C2=O)NCCOc1ccc(C(=C(CCCl)c2ccc(O)cc2)c2ccc(O)cc2)cc1. The maximum atomic E-state index is 13.1. The minimum absolute atomic E-state index is 0.0168. The highest BCUT2D eigenvalue weighted by Crippen LogP contribution is 2.37. The number of alkyl halides is 1. The number of ether oxygens (including phenoxy) is 1. The number of hydrogen-bond acceptors (Lipinski definition) is 8. The lowest BCUT2D eigenvalue weighted by molar-refractivity contribution is -0.137. The van der Waals surface area contributed by atoms with Gasteiger partial charge in [0.15, 0.2) is 0 Å². The molecule has 2 heterocycles. The monoisotopic (exact) mass is 778 g/mol. The number of nitrogens with one attached hydrogen (secondary N) is 3. The Bertz CT molecular complexity index is 2050. The molecular formula is C44H47ClN4O7. The molecule has 0 bridgehead atoms. The van der Waals surface area contributed by atoms with Gasteiger partial charge < -0.3 is 30.5 Å². The Morgan fingerprint density at radius 2 is 1.46 bits per heavy atom. The molecule has 1 atom stereocenters. The zero-order valence-corrected chi connectivity index (χ0v) is 31.9. The number of unbranched alkanes of at least 4 members (excludes halogenated alkanes) is 3. The summed E-state index contributed by atoms with van der Waals surface area (Å²) in [6.45, 7) is 1.75. The summed E-state index contributed by atoms with van der Waals surface area (Å²) in [4.78, 5) is 51.1. The van der Waals surface area contributed by atoms with Gasteiger partial charge in [0.25, 0.3) is 5.91 Å². The van der Waals surface area contributed by atoms with E-state index in [4.69, 9.17) is 16.3 Å². The molecule has 56 heavy (non-hydrogen) atoms. The number of carbonyl (C=O) groups is 4. The number of piperidine rings is 1. The van der Waals surface area contributed by atoms with Gasteiger partial charge in [-0.2, -0.15) is 0 Å². The molecule has 4 aromatic carbocycles. The Morgan fingerprint density at radius 1 is 0.804 bits per heavy atom. The van der Waals surface area contributed by atoms with Crippen molar-refractivity contribution in [3.63, 3.8) is 0 Å². The van der Waals surface area contributed by atoms with Gasteiger partial charge in [-0.25, -0.2) is 0 Å². The Kier molecular flexibility index (Phi) is 13.6. The van der Waals surface area contributed by atoms with Gasteiger partial charge in [-0.1, -0.05) is 55.3 Å². The minimum Gasteiger partial charge on any atom is -0.508 e. The molecule has 0 spiro atoms. The van der Waals surface area contributed by atoms with Crippen LogP contribution in [0.4, 0.5) is 5.69 Å². The average Bonchev–Trinajstić information content (AvgIpc) is 3.53. The van der Waals surface area contributed by atoms with Crippen molar-refractivity contribution in [2.24, 2.45) is 0 Å². The van der Waals surface area contributed by atoms with Gasteiger partial charge in [0.2, 0.25) is 17.7 Å². The Morgan fingerprint density at radius 3 is 2.14 bits per heavy atom. The van der Waals surface area contributed by atoms with E-state index in [-0.39, 0.29) is 35.6 Å². The summed E-state index contributed by atoms with van der Waals surface area (Å²) >= 11 is 6.26. The van der Waals surface area contributed by atoms with Gasteiger partial charge in [0.1, 0.15) is 29.9 Å². The number of imide groups is 1. The lowest BCUT2D eigenvalue weighted by atomic mass is 9.88. The average molecular weight is 779 g/mol. The third-order valence-electron chi connectivity index (χ3n) is 10.1. The maximum absolute atomic E-state index is 13.1. The number of rotatable bonds is 18. The van der Waals surface area contributed by atoms with Gasteiger partial charge in [-0.3, -0.25) is 24.5 Å². The van der Waals surface area contributed by atoms with Crippen molar-refractivity contribution in [2.75, 3.05) is 30.9 Å². The van der Waals surface area contributed by atoms with Crippen LogP contribution in [-0.2, 0) is 20.9 Å². The molecule has 2 aliphatic heterocycles. The molecule has 4 amide bonds. The van der Waals surface area contributed by atoms with Crippen molar-refractivity contribution in [2.45, 2.75) is 64.0 Å². The molecule has 1 unspecified atom stereocenters. The molecule has 1 saturated heterocycles. The van der Waals surface area contributed by atoms with Crippen molar-refractivity contribution < 1.29 is 34.1 Å². The first-order valence-electron chi connectivity index (χ1n) is 19.1. The fourth-order valence-electron chi connectivity index (χ4n) is 7.22. The fourth-order valence-corrected chi connectivity index (χ4v) is 7.41. The number of nitrogens with zero attached hydrogens (tertiary/aromatic N) is 1. The lowest BCUT2D eigenvalue weighted by Crippen LogP contribution is -2.52. The number of allylic oxidation sites excluding steroid dienone is 1. The second-order valence-corrected chi connectivity index (χ2v) is 14.3. The van der Waals surface area contributed by atoms with Crippen LogP contribution in [0.5, 0.6) is 17.2 Å². The number of hydrogen-bond donors (Lipinski definition) is 5. The number of halogens is 1. The van der Waals surface area contributed by atoms with Gasteiger partial charge >= 0.3 is 0 Å². The molecule has 0 aromatic heterocycles. The first-order valence-corrected chi connectivity index (χ1v) is 19.6. The van der Waals surface area contributed by atoms with Gasteiger partial charge in [0, 0.05) is 48.6 Å². The van der Waals surface area contributed by atoms with Crippen molar-refractivity contribution in [1.82, 2.24) is 15.5 Å². The Balaban J connectivity index is 0.907. The second-order valence-electron chi connectivity index (χ2n) is 13.9. The van der Waals surface area contributed by atoms with E-state index in [0.717, 1.165) is 71.3 Å². The standard InChI is InChI=1S/C44H47ClN4O7/c45-24-23-35(29-9-15-32(50)16-10-29)42(30-11-17-33(51)18-12-30)31-13-19-34(20-14-31)56-27-26-47-40(52)8-3-1-2-4-25-46-38-7-5-6-36-37(38)28-49(44(36)55)39-21-22-41(53)48-43(39)54/h5-7,9-20,39,46,50-51H,1-4,8,21-28H2,(H,47,52)(H,48,53,54). The van der Waals surface area contributed by atoms with Crippen LogP contribution in [0.3, 0.4) is 0 Å². The number of anilines is 1. The van der Waals surface area contributed by atoms with Crippen LogP contribution >= 0.6 is 11.6 Å². The van der Waals surface area contributed by atoms with E-state index < -0.39 is 11.9 Å². The number of benzene rings is 4. The third-order valence-corrected chi connectivity index (χ3v) is 10.3. The van der Waals surface area contributed by atoms with Gasteiger partial charge in [-0.05, 0) is 102 Å². The fraction of sp³-hybridized carbons (Fsp3) is 0.318. The summed E-state index contributed by atoms with van der Waals surface area (Å²) in [5.41, 5.74) is 7.10. The van der Waals surface area contributed by atoms with Crippen LogP contribution in [0.25, 0.3) is 11.1 Å². The normalized spacial score (nSPS) is 15.6. The highest BCUT2D eigenvalue weighted by atomic mass is 35.5. The summed E-state index contributed by atoms with van der Waals surface area (Å²) in [7, 11) is 0. The number of phenols is 2. The van der Waals surface area contributed by atoms with E-state index in [0.29, 0.717) is 56.2 Å². The van der Waals surface area contributed by atoms with Crippen molar-refractivity contribution in [1.29, 1.82) is 0 Å². The molecular weight excluding hydrogens is 732 g/mol. The molecule has 0 aliphatic carbocycles. The summed E-state index contributed by atoms with van der Waals surface area (Å²) in [5.74, 6) is 0.501. The molecule has 11 nitrogen and oxygen atoms in total. The lowest BCUT2D eigenvalue weighted by Gasteiger charge is -2.29. The molecule has 12 heteroatoms. The summed E-state index contributed by atoms with van der Waals surface area (Å²) in [5, 5.41) is 28.5. The zero-order valence-electron chi connectivity index (χ0n) is 31.2. The third kappa shape index (κ3) is 10.1. The highest BCUT2D eigenvalue weighted by molar-refractivity contribution is 6.18. The largest absolute Gasteiger partial charge is 0.508 e. The predicted octanol–water partition coefficient (Wildman–Crippen LogP) is 7.00. The van der Waals surface area contributed by atoms with Gasteiger partial charge in [0.05, 0.1) is 6.54 Å². The first-order chi connectivity index (χ1) is 27.2. The number of amides is 4. The van der Waals surface area contributed by atoms with Crippen LogP contribution in [0.2, 0.25) is 0 Å². The van der Waals surface area contributed by atoms with E-state index >= 15 is 0 Å². The number of phenolic OH excluding ortho intramolecular Hbond substituents is 2. The van der Waals surface area contributed by atoms with E-state index in [2.05, 4.69) is 16.0 Å². The van der Waals surface area contributed by atoms with Crippen LogP contribution in [0, 0.1) is 0 Å². The van der Waals surface area contributed by atoms with Crippen LogP contribution < -0.4 is 20.7 Å². The van der Waals surface area contributed by atoms with Gasteiger partial charge in [-0.15, -0.1) is 11.6 Å². The molecule has 1 fully saturated rings. The predicted molar refractivity (Wildman–Crippen MR) is 216 cm³/mol. The molecule has 5 N–H and O–H groups in total. The highest BCUT2D eigenvalue weighted by Gasteiger charge is 2.39. The molecule has 2 aliphatic rings. The van der Waals surface area contributed by atoms with Crippen molar-refractivity contribution >= 4 is 52.1 Å². The van der Waals surface area contributed by atoms with E-state index in [1.54, 1.807) is 35.2 Å². The van der Waals surface area contributed by atoms with Crippen molar-refractivity contribution in [3.05, 3.63) is 119 Å². The van der Waals surface area contributed by atoms with Crippen LogP contribution in [-0.4, -0.2) is 70.4 Å². The quantitative estimate of drug-likeness (QED) is 0.0313. The number of aromatic hydroxyl groups is 2. The van der Waals surface area contributed by atoms with Crippen LogP contribution in [0.1, 0.15) is 84.0 Å². The van der Waals surface area contributed by atoms with E-state index in [1.807, 2.05) is 60.7 Å². The minimum atomic E-state index is -0.640.